The molecule has 41 heavy (non-hydrogen) atoms. The average Bonchev–Trinajstić information content (AvgIpc) is 3.60. The molecule has 19 heteroatoms. The fourth-order valence-corrected chi connectivity index (χ4v) is 5.32. The summed E-state index contributed by atoms with van der Waals surface area (Å²) in [6, 6.07) is -0.520. The van der Waals surface area contributed by atoms with Crippen molar-refractivity contribution in [2.24, 2.45) is 0 Å². The molecule has 0 spiro atoms. The standard InChI is InChI=1S/C22H32ClN6O11P/c1-28(15(30)9-39-41(34,35)40-11-38-22(33)36-2)7-14-18(32)17(31)13(8-37-14)29-10-24-16-19(25-12-5-3-4-6-12)26-21(23)27-20(16)29/h10,12-14,17-18,31-32H,3-9,11H2,1-2H3,(H,34,35)(H,25,26,27)/t13-,14-,17-,18-/m1/s1. The molecule has 5 atom stereocenters. The number of phosphoric ester groups is 1. The molecule has 1 amide bonds. The molecule has 2 aromatic rings. The van der Waals surface area contributed by atoms with Crippen LogP contribution >= 0.6 is 19.4 Å². The van der Waals surface area contributed by atoms with Gasteiger partial charge in [-0.15, -0.1) is 0 Å². The van der Waals surface area contributed by atoms with Gasteiger partial charge < -0.3 is 44.1 Å². The second-order valence-electron chi connectivity index (χ2n) is 9.57. The summed E-state index contributed by atoms with van der Waals surface area (Å²) in [5.74, 6) is -0.259. The van der Waals surface area contributed by atoms with Crippen molar-refractivity contribution in [3.05, 3.63) is 11.6 Å². The number of aliphatic hydroxyl groups is 2. The first-order valence-corrected chi connectivity index (χ1v) is 14.6. The fourth-order valence-electron chi connectivity index (χ4n) is 4.63. The highest BCUT2D eigenvalue weighted by atomic mass is 35.5. The minimum Gasteiger partial charge on any atom is -0.438 e. The molecule has 2 fully saturated rings. The molecule has 1 saturated heterocycles. The number of aromatic nitrogens is 4. The number of nitrogens with zero attached hydrogens (tertiary/aromatic N) is 5. The van der Waals surface area contributed by atoms with Gasteiger partial charge in [0.05, 0.1) is 26.1 Å². The molecule has 17 nitrogen and oxygen atoms in total. The molecule has 2 aromatic heterocycles. The van der Waals surface area contributed by atoms with E-state index in [1.807, 2.05) is 0 Å². The molecular formula is C22H32ClN6O11P. The third-order valence-electron chi connectivity index (χ3n) is 6.84. The van der Waals surface area contributed by atoms with Crippen molar-refractivity contribution in [2.75, 3.05) is 46.0 Å². The van der Waals surface area contributed by atoms with E-state index in [4.69, 9.17) is 16.3 Å². The number of likely N-dealkylation sites (N-methyl/N-ethyl adjacent to an activating group) is 1. The first kappa shape index (κ1) is 31.3. The van der Waals surface area contributed by atoms with Crippen LogP contribution < -0.4 is 5.32 Å². The van der Waals surface area contributed by atoms with Crippen molar-refractivity contribution in [3.63, 3.8) is 0 Å². The number of ether oxygens (including phenoxy) is 3. The van der Waals surface area contributed by atoms with E-state index < -0.39 is 57.6 Å². The largest absolute Gasteiger partial charge is 0.510 e. The number of anilines is 1. The van der Waals surface area contributed by atoms with Crippen LogP contribution in [0.5, 0.6) is 0 Å². The number of methoxy groups -OCH3 is 1. The predicted molar refractivity (Wildman–Crippen MR) is 140 cm³/mol. The van der Waals surface area contributed by atoms with Gasteiger partial charge >= 0.3 is 14.0 Å². The Balaban J connectivity index is 1.34. The number of hydrogen-bond acceptors (Lipinski definition) is 14. The van der Waals surface area contributed by atoms with Gasteiger partial charge in [0.1, 0.15) is 24.9 Å². The Morgan fingerprint density at radius 3 is 2.68 bits per heavy atom. The van der Waals surface area contributed by atoms with Crippen LogP contribution in [0.2, 0.25) is 5.28 Å². The lowest BCUT2D eigenvalue weighted by atomic mass is 9.97. The number of imidazole rings is 1. The van der Waals surface area contributed by atoms with E-state index in [2.05, 4.69) is 38.8 Å². The Bertz CT molecular complexity index is 1280. The maximum Gasteiger partial charge on any atom is 0.510 e. The number of nitrogens with one attached hydrogen (secondary N) is 1. The summed E-state index contributed by atoms with van der Waals surface area (Å²) >= 11 is 6.19. The van der Waals surface area contributed by atoms with Crippen LogP contribution in [-0.4, -0.2) is 117 Å². The van der Waals surface area contributed by atoms with Gasteiger partial charge in [-0.1, -0.05) is 12.8 Å². The Morgan fingerprint density at radius 2 is 1.98 bits per heavy atom. The zero-order valence-electron chi connectivity index (χ0n) is 22.3. The molecule has 3 heterocycles. The highest BCUT2D eigenvalue weighted by molar-refractivity contribution is 7.47. The highest BCUT2D eigenvalue weighted by Gasteiger charge is 2.41. The molecule has 1 saturated carbocycles. The van der Waals surface area contributed by atoms with E-state index in [1.54, 1.807) is 4.57 Å². The Kier molecular flexibility index (Phi) is 10.4. The lowest BCUT2D eigenvalue weighted by molar-refractivity contribution is -0.167. The monoisotopic (exact) mass is 622 g/mol. The molecule has 0 radical (unpaired) electrons. The number of hydrogen-bond donors (Lipinski definition) is 4. The van der Waals surface area contributed by atoms with Crippen LogP contribution in [0.1, 0.15) is 31.7 Å². The number of fused-ring (bicyclic) bond motifs is 1. The van der Waals surface area contributed by atoms with Gasteiger partial charge in [0.2, 0.25) is 18.0 Å². The van der Waals surface area contributed by atoms with Gasteiger partial charge in [-0.3, -0.25) is 9.32 Å². The van der Waals surface area contributed by atoms with Crippen LogP contribution in [0, 0.1) is 0 Å². The topological polar surface area (TPSA) is 217 Å². The third kappa shape index (κ3) is 7.81. The maximum atomic E-state index is 12.4. The Hall–Kier alpha value is -2.63. The van der Waals surface area contributed by atoms with Crippen LogP contribution in [-0.2, 0) is 32.6 Å². The van der Waals surface area contributed by atoms with Crippen molar-refractivity contribution in [2.45, 2.75) is 56.1 Å². The quantitative estimate of drug-likeness (QED) is 0.118. The zero-order chi connectivity index (χ0) is 29.7. The molecule has 228 valence electrons. The van der Waals surface area contributed by atoms with E-state index >= 15 is 0 Å². The molecule has 2 aliphatic rings. The lowest BCUT2D eigenvalue weighted by Gasteiger charge is -2.39. The van der Waals surface area contributed by atoms with Gasteiger partial charge in [-0.25, -0.2) is 18.9 Å². The van der Waals surface area contributed by atoms with E-state index in [-0.39, 0.29) is 24.5 Å². The molecular weight excluding hydrogens is 591 g/mol. The molecule has 1 unspecified atom stereocenters. The van der Waals surface area contributed by atoms with Crippen LogP contribution in [0.15, 0.2) is 6.33 Å². The lowest BCUT2D eigenvalue weighted by Crippen LogP contribution is -2.54. The normalized spacial score (nSPS) is 24.6. The molecule has 0 bridgehead atoms. The molecule has 1 aliphatic heterocycles. The van der Waals surface area contributed by atoms with Gasteiger partial charge in [-0.05, 0) is 24.4 Å². The summed E-state index contributed by atoms with van der Waals surface area (Å²) in [5.41, 5.74) is 0.832. The first-order chi connectivity index (χ1) is 19.5. The van der Waals surface area contributed by atoms with Gasteiger partial charge in [0, 0.05) is 19.6 Å². The predicted octanol–water partition coefficient (Wildman–Crippen LogP) is 0.828. The van der Waals surface area contributed by atoms with Gasteiger partial charge in [-0.2, -0.15) is 9.97 Å². The summed E-state index contributed by atoms with van der Waals surface area (Å²) in [6.45, 7) is -2.04. The number of rotatable bonds is 11. The average molecular weight is 623 g/mol. The SMILES string of the molecule is COC(=O)OCOP(=O)(O)OCC(=O)N(C)C[C@H]1OC[C@@H](n2cnc3c(NC4CCCC4)nc(Cl)nc32)[C@@H](O)[C@@H]1O. The van der Waals surface area contributed by atoms with E-state index in [0.717, 1.165) is 37.7 Å². The summed E-state index contributed by atoms with van der Waals surface area (Å²) < 4.78 is 36.7. The van der Waals surface area contributed by atoms with Crippen LogP contribution in [0.25, 0.3) is 11.2 Å². The van der Waals surface area contributed by atoms with E-state index in [1.165, 1.54) is 13.4 Å². The maximum absolute atomic E-state index is 12.4. The number of phosphoric acid groups is 1. The number of amides is 1. The highest BCUT2D eigenvalue weighted by Crippen LogP contribution is 2.43. The van der Waals surface area contributed by atoms with Crippen molar-refractivity contribution in [1.29, 1.82) is 0 Å². The van der Waals surface area contributed by atoms with Crippen LogP contribution in [0.3, 0.4) is 0 Å². The minimum absolute atomic E-state index is 0.000521. The summed E-state index contributed by atoms with van der Waals surface area (Å²) in [5, 5.41) is 25.2. The number of aliphatic hydroxyl groups excluding tert-OH is 2. The van der Waals surface area contributed by atoms with E-state index in [9.17, 15) is 29.3 Å². The molecule has 0 aromatic carbocycles. The third-order valence-corrected chi connectivity index (χ3v) is 7.90. The van der Waals surface area contributed by atoms with Crippen molar-refractivity contribution in [1.82, 2.24) is 24.4 Å². The number of carbonyl (C=O) groups excluding carboxylic acids is 2. The molecule has 4 N–H and O–H groups in total. The second kappa shape index (κ2) is 13.6. The first-order valence-electron chi connectivity index (χ1n) is 12.7. The van der Waals surface area contributed by atoms with Crippen molar-refractivity contribution >= 4 is 48.5 Å². The van der Waals surface area contributed by atoms with Gasteiger partial charge in [0.25, 0.3) is 0 Å². The van der Waals surface area contributed by atoms with E-state index in [0.29, 0.717) is 17.0 Å². The summed E-state index contributed by atoms with van der Waals surface area (Å²) in [7, 11) is -2.34. The Labute approximate surface area is 239 Å². The summed E-state index contributed by atoms with van der Waals surface area (Å²) in [4.78, 5) is 47.0. The van der Waals surface area contributed by atoms with Gasteiger partial charge in [0.15, 0.2) is 17.0 Å². The second-order valence-corrected chi connectivity index (χ2v) is 11.4. The summed E-state index contributed by atoms with van der Waals surface area (Å²) in [6.07, 6.45) is 0.852. The number of carbonyl (C=O) groups is 2. The number of halogens is 1. The van der Waals surface area contributed by atoms with Crippen molar-refractivity contribution in [3.8, 4) is 0 Å². The molecule has 1 aliphatic carbocycles. The smallest absolute Gasteiger partial charge is 0.438 e. The van der Waals surface area contributed by atoms with Crippen LogP contribution in [0.4, 0.5) is 10.6 Å². The fraction of sp³-hybridized carbons (Fsp3) is 0.682. The molecule has 4 rings (SSSR count). The Morgan fingerprint density at radius 1 is 1.24 bits per heavy atom. The minimum atomic E-state index is -4.72. The van der Waals surface area contributed by atoms with Crippen molar-refractivity contribution < 1.29 is 52.5 Å². The zero-order valence-corrected chi connectivity index (χ0v) is 23.9.